The van der Waals surface area contributed by atoms with Gasteiger partial charge in [-0.3, -0.25) is 0 Å². The van der Waals surface area contributed by atoms with Crippen LogP contribution >= 0.6 is 0 Å². The monoisotopic (exact) mass is 182 g/mol. The Balaban J connectivity index is 2.60. The Morgan fingerprint density at radius 3 is 2.38 bits per heavy atom. The van der Waals surface area contributed by atoms with Crippen molar-refractivity contribution in [3.8, 4) is 0 Å². The second kappa shape index (κ2) is 3.83. The second-order valence-corrected chi connectivity index (χ2v) is 5.34. The van der Waals surface area contributed by atoms with E-state index in [1.807, 2.05) is 6.08 Å². The fourth-order valence-electron chi connectivity index (χ4n) is 2.23. The molecule has 0 spiro atoms. The molecule has 0 bridgehead atoms. The Kier molecular flexibility index (Phi) is 3.18. The van der Waals surface area contributed by atoms with E-state index >= 15 is 0 Å². The van der Waals surface area contributed by atoms with Crippen LogP contribution in [0.4, 0.5) is 0 Å². The summed E-state index contributed by atoms with van der Waals surface area (Å²) in [5, 5.41) is 9.68. The standard InChI is InChI=1S/C12H22O/c1-5-9-8-10(12(2,3)4)6-7-11(9)13/h5,9-11,13H,1,6-8H2,2-4H3/t9-,10-,11-/m0/s1. The van der Waals surface area contributed by atoms with Gasteiger partial charge >= 0.3 is 0 Å². The summed E-state index contributed by atoms with van der Waals surface area (Å²) in [6, 6.07) is 0. The molecule has 0 amide bonds. The van der Waals surface area contributed by atoms with Crippen molar-refractivity contribution in [3.63, 3.8) is 0 Å². The summed E-state index contributed by atoms with van der Waals surface area (Å²) < 4.78 is 0. The molecule has 13 heavy (non-hydrogen) atoms. The van der Waals surface area contributed by atoms with Crippen molar-refractivity contribution in [2.75, 3.05) is 0 Å². The van der Waals surface area contributed by atoms with Crippen LogP contribution in [0.5, 0.6) is 0 Å². The highest BCUT2D eigenvalue weighted by Crippen LogP contribution is 2.40. The van der Waals surface area contributed by atoms with E-state index in [1.54, 1.807) is 0 Å². The normalized spacial score (nSPS) is 35.8. The fraction of sp³-hybridized carbons (Fsp3) is 0.833. The minimum absolute atomic E-state index is 0.143. The van der Waals surface area contributed by atoms with E-state index in [0.717, 1.165) is 25.2 Å². The van der Waals surface area contributed by atoms with Crippen molar-refractivity contribution in [1.29, 1.82) is 0 Å². The molecule has 0 aromatic heterocycles. The lowest BCUT2D eigenvalue weighted by Gasteiger charge is -2.39. The zero-order valence-corrected chi connectivity index (χ0v) is 9.09. The van der Waals surface area contributed by atoms with E-state index in [4.69, 9.17) is 0 Å². The Morgan fingerprint density at radius 1 is 1.31 bits per heavy atom. The molecule has 0 aromatic rings. The first-order valence-electron chi connectivity index (χ1n) is 5.25. The van der Waals surface area contributed by atoms with Gasteiger partial charge in [0, 0.05) is 5.92 Å². The minimum Gasteiger partial charge on any atom is -0.393 e. The van der Waals surface area contributed by atoms with E-state index in [2.05, 4.69) is 27.4 Å². The van der Waals surface area contributed by atoms with Crippen LogP contribution in [0.25, 0.3) is 0 Å². The maximum Gasteiger partial charge on any atom is 0.0602 e. The molecule has 0 aliphatic heterocycles. The SMILES string of the molecule is C=C[C@H]1C[C@@H](C(C)(C)C)CC[C@@H]1O. The first-order chi connectivity index (χ1) is 5.95. The number of aliphatic hydroxyl groups excluding tert-OH is 1. The lowest BCUT2D eigenvalue weighted by atomic mass is 9.68. The third-order valence-corrected chi connectivity index (χ3v) is 3.39. The molecule has 1 heteroatoms. The number of hydrogen-bond acceptors (Lipinski definition) is 1. The molecule has 76 valence electrons. The van der Waals surface area contributed by atoms with Crippen molar-refractivity contribution in [2.45, 2.75) is 46.1 Å². The van der Waals surface area contributed by atoms with Gasteiger partial charge in [0.25, 0.3) is 0 Å². The maximum absolute atomic E-state index is 9.68. The maximum atomic E-state index is 9.68. The topological polar surface area (TPSA) is 20.2 Å². The Labute approximate surface area is 81.9 Å². The second-order valence-electron chi connectivity index (χ2n) is 5.34. The summed E-state index contributed by atoms with van der Waals surface area (Å²) >= 11 is 0. The highest BCUT2D eigenvalue weighted by Gasteiger charge is 2.33. The molecule has 1 rings (SSSR count). The Morgan fingerprint density at radius 2 is 1.92 bits per heavy atom. The van der Waals surface area contributed by atoms with Crippen LogP contribution in [0.3, 0.4) is 0 Å². The van der Waals surface area contributed by atoms with Gasteiger partial charge in [0.1, 0.15) is 0 Å². The first-order valence-corrected chi connectivity index (χ1v) is 5.25. The van der Waals surface area contributed by atoms with Crippen molar-refractivity contribution in [2.24, 2.45) is 17.3 Å². The van der Waals surface area contributed by atoms with Crippen molar-refractivity contribution < 1.29 is 5.11 Å². The molecule has 1 fully saturated rings. The third kappa shape index (κ3) is 2.57. The predicted octanol–water partition coefficient (Wildman–Crippen LogP) is 3.00. The van der Waals surface area contributed by atoms with Crippen LogP contribution in [0.2, 0.25) is 0 Å². The van der Waals surface area contributed by atoms with Gasteiger partial charge < -0.3 is 5.11 Å². The Hall–Kier alpha value is -0.300. The first kappa shape index (κ1) is 10.8. The van der Waals surface area contributed by atoms with Crippen LogP contribution < -0.4 is 0 Å². The minimum atomic E-state index is -0.143. The number of hydrogen-bond donors (Lipinski definition) is 1. The summed E-state index contributed by atoms with van der Waals surface area (Å²) in [7, 11) is 0. The molecular formula is C12H22O. The number of rotatable bonds is 1. The highest BCUT2D eigenvalue weighted by atomic mass is 16.3. The molecular weight excluding hydrogens is 160 g/mol. The van der Waals surface area contributed by atoms with Gasteiger partial charge in [0.15, 0.2) is 0 Å². The Bertz CT molecular complexity index is 178. The molecule has 0 saturated heterocycles. The van der Waals surface area contributed by atoms with Gasteiger partial charge in [0.05, 0.1) is 6.10 Å². The van der Waals surface area contributed by atoms with Gasteiger partial charge in [0.2, 0.25) is 0 Å². The molecule has 0 aromatic carbocycles. The van der Waals surface area contributed by atoms with Gasteiger partial charge in [-0.25, -0.2) is 0 Å². The lowest BCUT2D eigenvalue weighted by Crippen LogP contribution is -2.33. The smallest absolute Gasteiger partial charge is 0.0602 e. The molecule has 1 N–H and O–H groups in total. The summed E-state index contributed by atoms with van der Waals surface area (Å²) in [6.07, 6.45) is 4.99. The van der Waals surface area contributed by atoms with E-state index < -0.39 is 0 Å². The summed E-state index contributed by atoms with van der Waals surface area (Å²) in [4.78, 5) is 0. The van der Waals surface area contributed by atoms with Crippen LogP contribution in [0, 0.1) is 17.3 Å². The average Bonchev–Trinajstić information content (AvgIpc) is 2.03. The molecule has 1 saturated carbocycles. The molecule has 1 nitrogen and oxygen atoms in total. The lowest BCUT2D eigenvalue weighted by molar-refractivity contribution is 0.0393. The zero-order valence-electron chi connectivity index (χ0n) is 9.09. The summed E-state index contributed by atoms with van der Waals surface area (Å²) in [5.41, 5.74) is 0.376. The van der Waals surface area contributed by atoms with Gasteiger partial charge in [-0.05, 0) is 30.6 Å². The van der Waals surface area contributed by atoms with Gasteiger partial charge in [-0.2, -0.15) is 0 Å². The van der Waals surface area contributed by atoms with E-state index in [0.29, 0.717) is 11.3 Å². The molecule has 1 aliphatic rings. The zero-order chi connectivity index (χ0) is 10.1. The van der Waals surface area contributed by atoms with E-state index in [-0.39, 0.29) is 6.10 Å². The molecule has 3 atom stereocenters. The quantitative estimate of drug-likeness (QED) is 0.618. The van der Waals surface area contributed by atoms with E-state index in [1.165, 1.54) is 0 Å². The fourth-order valence-corrected chi connectivity index (χ4v) is 2.23. The highest BCUT2D eigenvalue weighted by molar-refractivity contribution is 4.92. The van der Waals surface area contributed by atoms with Crippen molar-refractivity contribution in [3.05, 3.63) is 12.7 Å². The molecule has 0 heterocycles. The van der Waals surface area contributed by atoms with Crippen LogP contribution in [-0.4, -0.2) is 11.2 Å². The van der Waals surface area contributed by atoms with Crippen LogP contribution in [0.1, 0.15) is 40.0 Å². The summed E-state index contributed by atoms with van der Waals surface area (Å²) in [6.45, 7) is 10.7. The molecule has 0 unspecified atom stereocenters. The van der Waals surface area contributed by atoms with Crippen LogP contribution in [0.15, 0.2) is 12.7 Å². The molecule has 0 radical (unpaired) electrons. The van der Waals surface area contributed by atoms with Crippen LogP contribution in [-0.2, 0) is 0 Å². The third-order valence-electron chi connectivity index (χ3n) is 3.39. The molecule has 1 aliphatic carbocycles. The summed E-state index contributed by atoms with van der Waals surface area (Å²) in [5.74, 6) is 1.05. The average molecular weight is 182 g/mol. The predicted molar refractivity (Wildman–Crippen MR) is 56.5 cm³/mol. The van der Waals surface area contributed by atoms with Crippen molar-refractivity contribution in [1.82, 2.24) is 0 Å². The largest absolute Gasteiger partial charge is 0.393 e. The van der Waals surface area contributed by atoms with E-state index in [9.17, 15) is 5.11 Å². The number of aliphatic hydroxyl groups is 1. The van der Waals surface area contributed by atoms with Gasteiger partial charge in [-0.15, -0.1) is 6.58 Å². The van der Waals surface area contributed by atoms with Crippen molar-refractivity contribution >= 4 is 0 Å². The van der Waals surface area contributed by atoms with Gasteiger partial charge in [-0.1, -0.05) is 26.8 Å².